The van der Waals surface area contributed by atoms with Crippen molar-refractivity contribution in [1.29, 1.82) is 0 Å². The average molecular weight is 229 g/mol. The highest BCUT2D eigenvalue weighted by Crippen LogP contribution is 2.26. The van der Waals surface area contributed by atoms with Gasteiger partial charge < -0.3 is 4.90 Å². The third kappa shape index (κ3) is 3.23. The van der Waals surface area contributed by atoms with Crippen molar-refractivity contribution in [3.05, 3.63) is 0 Å². The van der Waals surface area contributed by atoms with Crippen molar-refractivity contribution in [2.24, 2.45) is 0 Å². The number of thioether (sulfide) groups is 1. The van der Waals surface area contributed by atoms with Crippen LogP contribution < -0.4 is 0 Å². The van der Waals surface area contributed by atoms with E-state index in [9.17, 15) is 9.59 Å². The van der Waals surface area contributed by atoms with E-state index >= 15 is 0 Å². The summed E-state index contributed by atoms with van der Waals surface area (Å²) in [5.41, 5.74) is 0. The van der Waals surface area contributed by atoms with Crippen molar-refractivity contribution in [2.75, 3.05) is 12.3 Å². The quantitative estimate of drug-likeness (QED) is 0.691. The smallest absolute Gasteiger partial charge is 0.230 e. The van der Waals surface area contributed by atoms with Crippen LogP contribution in [0.1, 0.15) is 33.6 Å². The molecule has 0 aromatic carbocycles. The molecule has 1 amide bonds. The van der Waals surface area contributed by atoms with E-state index < -0.39 is 0 Å². The fraction of sp³-hybridized carbons (Fsp3) is 0.818. The Morgan fingerprint density at radius 2 is 2.13 bits per heavy atom. The van der Waals surface area contributed by atoms with E-state index in [0.29, 0.717) is 11.3 Å². The molecule has 1 saturated heterocycles. The predicted octanol–water partition coefficient (Wildman–Crippen LogP) is 1.71. The first-order valence-corrected chi connectivity index (χ1v) is 6.51. The van der Waals surface area contributed by atoms with Crippen LogP contribution in [0.5, 0.6) is 0 Å². The summed E-state index contributed by atoms with van der Waals surface area (Å²) in [6, 6.07) is 0.301. The van der Waals surface area contributed by atoms with Gasteiger partial charge in [-0.15, -0.1) is 0 Å². The predicted molar refractivity (Wildman–Crippen MR) is 63.0 cm³/mol. The molecule has 1 rings (SSSR count). The Bertz CT molecular complexity index is 255. The molecule has 1 aliphatic rings. The third-order valence-electron chi connectivity index (χ3n) is 2.79. The van der Waals surface area contributed by atoms with Gasteiger partial charge in [-0.25, -0.2) is 0 Å². The summed E-state index contributed by atoms with van der Waals surface area (Å²) in [5, 5.41) is 0.486. The molecule has 2 unspecified atom stereocenters. The van der Waals surface area contributed by atoms with Crippen LogP contribution in [-0.2, 0) is 9.59 Å². The Morgan fingerprint density at radius 1 is 1.47 bits per heavy atom. The molecular weight excluding hydrogens is 210 g/mol. The monoisotopic (exact) mass is 229 g/mol. The number of amides is 1. The molecule has 1 aliphatic heterocycles. The van der Waals surface area contributed by atoms with E-state index in [4.69, 9.17) is 0 Å². The molecule has 0 aliphatic carbocycles. The highest BCUT2D eigenvalue weighted by Gasteiger charge is 2.30. The average Bonchev–Trinajstić information content (AvgIpc) is 2.16. The molecule has 0 saturated carbocycles. The van der Waals surface area contributed by atoms with Gasteiger partial charge in [-0.05, 0) is 13.3 Å². The van der Waals surface area contributed by atoms with Crippen LogP contribution in [0, 0.1) is 0 Å². The summed E-state index contributed by atoms with van der Waals surface area (Å²) in [6.45, 7) is 6.52. The van der Waals surface area contributed by atoms with E-state index in [1.165, 1.54) is 6.92 Å². The summed E-state index contributed by atoms with van der Waals surface area (Å²) in [7, 11) is 0. The SMILES string of the molecule is CCC1C(C)SCCN1C(=O)CC(C)=O. The second-order valence-electron chi connectivity index (χ2n) is 4.02. The largest absolute Gasteiger partial charge is 0.337 e. The van der Waals surface area contributed by atoms with Crippen molar-refractivity contribution in [2.45, 2.75) is 44.9 Å². The summed E-state index contributed by atoms with van der Waals surface area (Å²) in [6.07, 6.45) is 1.03. The third-order valence-corrected chi connectivity index (χ3v) is 4.05. The number of carbonyl (C=O) groups excluding carboxylic acids is 2. The van der Waals surface area contributed by atoms with E-state index in [-0.39, 0.29) is 18.1 Å². The number of hydrogen-bond donors (Lipinski definition) is 0. The summed E-state index contributed by atoms with van der Waals surface area (Å²) in [5.74, 6) is 0.948. The van der Waals surface area contributed by atoms with E-state index in [1.807, 2.05) is 16.7 Å². The lowest BCUT2D eigenvalue weighted by atomic mass is 10.1. The van der Waals surface area contributed by atoms with Crippen LogP contribution in [0.2, 0.25) is 0 Å². The maximum Gasteiger partial charge on any atom is 0.230 e. The first-order valence-electron chi connectivity index (χ1n) is 5.46. The molecule has 3 nitrogen and oxygen atoms in total. The van der Waals surface area contributed by atoms with Gasteiger partial charge in [0, 0.05) is 23.6 Å². The van der Waals surface area contributed by atoms with E-state index in [1.54, 1.807) is 0 Å². The van der Waals surface area contributed by atoms with Crippen LogP contribution in [0.3, 0.4) is 0 Å². The first-order chi connectivity index (χ1) is 7.06. The van der Waals surface area contributed by atoms with Gasteiger partial charge in [-0.2, -0.15) is 11.8 Å². The lowest BCUT2D eigenvalue weighted by molar-refractivity contribution is -0.136. The van der Waals surface area contributed by atoms with Gasteiger partial charge in [0.05, 0.1) is 6.42 Å². The minimum atomic E-state index is -0.0410. The minimum absolute atomic E-state index is 0.00139. The fourth-order valence-electron chi connectivity index (χ4n) is 2.04. The first kappa shape index (κ1) is 12.6. The van der Waals surface area contributed by atoms with E-state index in [2.05, 4.69) is 13.8 Å². The Morgan fingerprint density at radius 3 is 2.67 bits per heavy atom. The van der Waals surface area contributed by atoms with Gasteiger partial charge in [0.1, 0.15) is 5.78 Å². The number of Topliss-reactive ketones (excluding diaryl/α,β-unsaturated/α-hetero) is 1. The Hall–Kier alpha value is -0.510. The number of hydrogen-bond acceptors (Lipinski definition) is 3. The normalized spacial score (nSPS) is 26.5. The summed E-state index contributed by atoms with van der Waals surface area (Å²) in [4.78, 5) is 24.6. The second-order valence-corrected chi connectivity index (χ2v) is 5.50. The van der Waals surface area contributed by atoms with Crippen LogP contribution in [-0.4, -0.2) is 40.2 Å². The maximum absolute atomic E-state index is 11.8. The minimum Gasteiger partial charge on any atom is -0.337 e. The molecule has 0 spiro atoms. The van der Waals surface area contributed by atoms with Gasteiger partial charge in [0.25, 0.3) is 0 Å². The lowest BCUT2D eigenvalue weighted by Crippen LogP contribution is -2.49. The van der Waals surface area contributed by atoms with Gasteiger partial charge in [-0.3, -0.25) is 9.59 Å². The van der Waals surface area contributed by atoms with E-state index in [0.717, 1.165) is 18.7 Å². The summed E-state index contributed by atoms with van der Waals surface area (Å²) >= 11 is 1.91. The lowest BCUT2D eigenvalue weighted by Gasteiger charge is -2.39. The highest BCUT2D eigenvalue weighted by molar-refractivity contribution is 8.00. The Labute approximate surface area is 95.6 Å². The standard InChI is InChI=1S/C11H19NO2S/c1-4-10-9(3)15-6-5-12(10)11(14)7-8(2)13/h9-10H,4-7H2,1-3H3. The Balaban J connectivity index is 2.64. The molecule has 1 fully saturated rings. The number of rotatable bonds is 3. The van der Waals surface area contributed by atoms with Crippen LogP contribution >= 0.6 is 11.8 Å². The van der Waals surface area contributed by atoms with Gasteiger partial charge in [0.2, 0.25) is 5.91 Å². The zero-order valence-electron chi connectivity index (χ0n) is 9.66. The highest BCUT2D eigenvalue weighted by atomic mass is 32.2. The van der Waals surface area contributed by atoms with Crippen molar-refractivity contribution in [3.8, 4) is 0 Å². The van der Waals surface area contributed by atoms with Crippen molar-refractivity contribution in [1.82, 2.24) is 4.90 Å². The molecule has 0 aromatic rings. The second kappa shape index (κ2) is 5.54. The number of ketones is 1. The van der Waals surface area contributed by atoms with Crippen molar-refractivity contribution >= 4 is 23.5 Å². The fourth-order valence-corrected chi connectivity index (χ4v) is 3.28. The molecule has 86 valence electrons. The Kier molecular flexibility index (Phi) is 4.64. The zero-order valence-corrected chi connectivity index (χ0v) is 10.5. The molecule has 0 radical (unpaired) electrons. The van der Waals surface area contributed by atoms with Crippen LogP contribution in [0.15, 0.2) is 0 Å². The van der Waals surface area contributed by atoms with Crippen molar-refractivity contribution in [3.63, 3.8) is 0 Å². The zero-order chi connectivity index (χ0) is 11.4. The van der Waals surface area contributed by atoms with Gasteiger partial charge >= 0.3 is 0 Å². The summed E-state index contributed by atoms with van der Waals surface area (Å²) < 4.78 is 0. The van der Waals surface area contributed by atoms with Gasteiger partial charge in [0.15, 0.2) is 0 Å². The number of carbonyl (C=O) groups is 2. The molecule has 15 heavy (non-hydrogen) atoms. The van der Waals surface area contributed by atoms with Crippen molar-refractivity contribution < 1.29 is 9.59 Å². The molecule has 1 heterocycles. The molecule has 0 bridgehead atoms. The number of nitrogens with zero attached hydrogens (tertiary/aromatic N) is 1. The molecule has 4 heteroatoms. The van der Waals surface area contributed by atoms with Crippen LogP contribution in [0.4, 0.5) is 0 Å². The topological polar surface area (TPSA) is 37.4 Å². The maximum atomic E-state index is 11.8. The van der Waals surface area contributed by atoms with Crippen LogP contribution in [0.25, 0.3) is 0 Å². The molecule has 0 aromatic heterocycles. The molecular formula is C11H19NO2S. The van der Waals surface area contributed by atoms with Gasteiger partial charge in [-0.1, -0.05) is 13.8 Å². The molecule has 2 atom stereocenters. The molecule has 0 N–H and O–H groups in total.